The summed E-state index contributed by atoms with van der Waals surface area (Å²) in [6.07, 6.45) is 0.618. The summed E-state index contributed by atoms with van der Waals surface area (Å²) in [5, 5.41) is 0.524. The second-order valence-corrected chi connectivity index (χ2v) is 4.75. The Morgan fingerprint density at radius 2 is 1.93 bits per heavy atom. The van der Waals surface area contributed by atoms with E-state index >= 15 is 0 Å². The van der Waals surface area contributed by atoms with Crippen LogP contribution in [0, 0.1) is 0 Å². The maximum absolute atomic E-state index is 11.4. The van der Waals surface area contributed by atoms with Crippen LogP contribution in [0.4, 0.5) is 0 Å². The quantitative estimate of drug-likeness (QED) is 0.739. The van der Waals surface area contributed by atoms with E-state index in [0.717, 1.165) is 5.56 Å². The lowest BCUT2D eigenvalue weighted by molar-refractivity contribution is -0.116. The molecule has 0 spiro atoms. The van der Waals surface area contributed by atoms with Crippen LogP contribution >= 0.6 is 34.8 Å². The first-order chi connectivity index (χ1) is 6.91. The SMILES string of the molecule is CCC(C)(C(=O)Cl)c1ccc(Cl)c(Cl)c1. The molecular formula is C11H11Cl3O. The number of carbonyl (C=O) groups is 1. The summed E-state index contributed by atoms with van der Waals surface area (Å²) >= 11 is 17.3. The number of hydrogen-bond acceptors (Lipinski definition) is 1. The first-order valence-electron chi connectivity index (χ1n) is 4.57. The molecular weight excluding hydrogens is 254 g/mol. The van der Waals surface area contributed by atoms with Crippen molar-refractivity contribution in [3.8, 4) is 0 Å². The lowest BCUT2D eigenvalue weighted by atomic mass is 9.81. The Bertz CT molecular complexity index is 389. The van der Waals surface area contributed by atoms with Crippen molar-refractivity contribution in [3.05, 3.63) is 33.8 Å². The molecule has 0 fully saturated rings. The van der Waals surface area contributed by atoms with Gasteiger partial charge in [0.1, 0.15) is 0 Å². The second kappa shape index (κ2) is 4.73. The van der Waals surface area contributed by atoms with Crippen molar-refractivity contribution in [2.75, 3.05) is 0 Å². The lowest BCUT2D eigenvalue weighted by Crippen LogP contribution is -2.28. The molecule has 15 heavy (non-hydrogen) atoms. The Balaban J connectivity index is 3.25. The van der Waals surface area contributed by atoms with E-state index in [4.69, 9.17) is 34.8 Å². The van der Waals surface area contributed by atoms with Crippen molar-refractivity contribution < 1.29 is 4.79 Å². The van der Waals surface area contributed by atoms with Crippen molar-refractivity contribution in [3.63, 3.8) is 0 Å². The van der Waals surface area contributed by atoms with Gasteiger partial charge in [0.15, 0.2) is 0 Å². The number of benzene rings is 1. The average molecular weight is 266 g/mol. The molecule has 1 aromatic carbocycles. The van der Waals surface area contributed by atoms with Gasteiger partial charge in [0.2, 0.25) is 5.24 Å². The molecule has 0 radical (unpaired) electrons. The standard InChI is InChI=1S/C11H11Cl3O/c1-3-11(2,10(14)15)7-4-5-8(12)9(13)6-7/h4-6H,3H2,1-2H3. The van der Waals surface area contributed by atoms with E-state index in [0.29, 0.717) is 16.5 Å². The van der Waals surface area contributed by atoms with E-state index in [1.165, 1.54) is 0 Å². The molecule has 0 aromatic heterocycles. The first-order valence-corrected chi connectivity index (χ1v) is 5.70. The molecule has 0 bridgehead atoms. The van der Waals surface area contributed by atoms with Crippen molar-refractivity contribution in [1.82, 2.24) is 0 Å². The molecule has 0 aliphatic rings. The van der Waals surface area contributed by atoms with E-state index in [2.05, 4.69) is 0 Å². The molecule has 0 N–H and O–H groups in total. The highest BCUT2D eigenvalue weighted by molar-refractivity contribution is 6.65. The molecule has 0 saturated heterocycles. The molecule has 4 heteroatoms. The Kier molecular flexibility index (Phi) is 4.05. The van der Waals surface area contributed by atoms with Crippen molar-refractivity contribution in [2.24, 2.45) is 0 Å². The van der Waals surface area contributed by atoms with Crippen LogP contribution in [-0.4, -0.2) is 5.24 Å². The summed E-state index contributed by atoms with van der Waals surface area (Å²) in [6, 6.07) is 5.14. The maximum atomic E-state index is 11.4. The topological polar surface area (TPSA) is 17.1 Å². The number of hydrogen-bond donors (Lipinski definition) is 0. The smallest absolute Gasteiger partial charge is 0.231 e. The summed E-state index contributed by atoms with van der Waals surface area (Å²) in [7, 11) is 0. The van der Waals surface area contributed by atoms with Gasteiger partial charge in [0.05, 0.1) is 15.5 Å². The fraction of sp³-hybridized carbons (Fsp3) is 0.364. The zero-order valence-corrected chi connectivity index (χ0v) is 10.7. The van der Waals surface area contributed by atoms with Gasteiger partial charge < -0.3 is 0 Å². The van der Waals surface area contributed by atoms with Crippen LogP contribution in [0.2, 0.25) is 10.0 Å². The third-order valence-electron chi connectivity index (χ3n) is 2.70. The summed E-state index contributed by atoms with van der Waals surface area (Å²) in [5.74, 6) is 0. The van der Waals surface area contributed by atoms with E-state index < -0.39 is 5.41 Å². The second-order valence-electron chi connectivity index (χ2n) is 3.59. The van der Waals surface area contributed by atoms with Gasteiger partial charge in [-0.3, -0.25) is 4.79 Å². The van der Waals surface area contributed by atoms with Crippen LogP contribution in [0.3, 0.4) is 0 Å². The minimum absolute atomic E-state index is 0.386. The van der Waals surface area contributed by atoms with Crippen molar-refractivity contribution >= 4 is 40.0 Å². The molecule has 1 rings (SSSR count). The van der Waals surface area contributed by atoms with Crippen LogP contribution in [0.15, 0.2) is 18.2 Å². The number of halogens is 3. The van der Waals surface area contributed by atoms with Crippen LogP contribution in [0.5, 0.6) is 0 Å². The van der Waals surface area contributed by atoms with Gasteiger partial charge in [-0.15, -0.1) is 0 Å². The zero-order valence-electron chi connectivity index (χ0n) is 8.48. The third-order valence-corrected chi connectivity index (χ3v) is 3.85. The van der Waals surface area contributed by atoms with Crippen molar-refractivity contribution in [1.29, 1.82) is 0 Å². The fourth-order valence-corrected chi connectivity index (χ4v) is 1.84. The minimum atomic E-state index is -0.699. The maximum Gasteiger partial charge on any atom is 0.231 e. The van der Waals surface area contributed by atoms with E-state index in [1.54, 1.807) is 25.1 Å². The highest BCUT2D eigenvalue weighted by Gasteiger charge is 2.32. The third kappa shape index (κ3) is 2.47. The summed E-state index contributed by atoms with van der Waals surface area (Å²) in [6.45, 7) is 3.70. The molecule has 1 aromatic rings. The van der Waals surface area contributed by atoms with E-state index in [-0.39, 0.29) is 5.24 Å². The Morgan fingerprint density at radius 1 is 1.33 bits per heavy atom. The van der Waals surface area contributed by atoms with E-state index in [9.17, 15) is 4.79 Å². The molecule has 0 saturated carbocycles. The minimum Gasteiger partial charge on any atom is -0.280 e. The molecule has 1 nitrogen and oxygen atoms in total. The molecule has 0 aliphatic heterocycles. The van der Waals surface area contributed by atoms with Gasteiger partial charge in [-0.2, -0.15) is 0 Å². The summed E-state index contributed by atoms with van der Waals surface area (Å²) < 4.78 is 0. The molecule has 1 atom stereocenters. The Labute approximate surface area is 104 Å². The molecule has 1 unspecified atom stereocenters. The largest absolute Gasteiger partial charge is 0.280 e. The normalized spacial score (nSPS) is 14.7. The predicted octanol–water partition coefficient (Wildman–Crippen LogP) is 4.43. The molecule has 0 heterocycles. The molecule has 0 amide bonds. The fourth-order valence-electron chi connectivity index (χ4n) is 1.30. The molecule has 0 aliphatic carbocycles. The van der Waals surface area contributed by atoms with Crippen LogP contribution in [-0.2, 0) is 10.2 Å². The van der Waals surface area contributed by atoms with Gasteiger partial charge in [-0.05, 0) is 42.6 Å². The van der Waals surface area contributed by atoms with Gasteiger partial charge in [-0.25, -0.2) is 0 Å². The van der Waals surface area contributed by atoms with Gasteiger partial charge >= 0.3 is 0 Å². The summed E-state index contributed by atoms with van der Waals surface area (Å²) in [5.41, 5.74) is 0.0925. The average Bonchev–Trinajstić information content (AvgIpc) is 2.20. The lowest BCUT2D eigenvalue weighted by Gasteiger charge is -2.24. The highest BCUT2D eigenvalue weighted by Crippen LogP contribution is 2.33. The van der Waals surface area contributed by atoms with E-state index in [1.807, 2.05) is 6.92 Å². The highest BCUT2D eigenvalue weighted by atomic mass is 35.5. The number of carbonyl (C=O) groups excluding carboxylic acids is 1. The van der Waals surface area contributed by atoms with Gasteiger partial charge in [0, 0.05) is 0 Å². The first kappa shape index (κ1) is 12.8. The molecule has 82 valence electrons. The van der Waals surface area contributed by atoms with Crippen molar-refractivity contribution in [2.45, 2.75) is 25.7 Å². The van der Waals surface area contributed by atoms with Crippen LogP contribution < -0.4 is 0 Å². The number of rotatable bonds is 3. The van der Waals surface area contributed by atoms with Crippen LogP contribution in [0.1, 0.15) is 25.8 Å². The monoisotopic (exact) mass is 264 g/mol. The predicted molar refractivity (Wildman–Crippen MR) is 65.0 cm³/mol. The Morgan fingerprint density at radius 3 is 2.33 bits per heavy atom. The Hall–Kier alpha value is -0.240. The van der Waals surface area contributed by atoms with Gasteiger partial charge in [0.25, 0.3) is 0 Å². The van der Waals surface area contributed by atoms with Crippen LogP contribution in [0.25, 0.3) is 0 Å². The summed E-state index contributed by atoms with van der Waals surface area (Å²) in [4.78, 5) is 11.4. The zero-order chi connectivity index (χ0) is 11.6. The van der Waals surface area contributed by atoms with Gasteiger partial charge in [-0.1, -0.05) is 36.2 Å².